The lowest BCUT2D eigenvalue weighted by Gasteiger charge is -2.16. The average Bonchev–Trinajstić information content (AvgIpc) is 2.61. The predicted molar refractivity (Wildman–Crippen MR) is 66.7 cm³/mol. The molecule has 0 atom stereocenters. The molecule has 0 aromatic carbocycles. The highest BCUT2D eigenvalue weighted by molar-refractivity contribution is 7.14. The average molecular weight is 224 g/mol. The van der Waals surface area contributed by atoms with Crippen LogP contribution in [0.25, 0.3) is 0 Å². The van der Waals surface area contributed by atoms with Gasteiger partial charge in [0.05, 0.1) is 4.88 Å². The van der Waals surface area contributed by atoms with E-state index in [0.29, 0.717) is 12.2 Å². The summed E-state index contributed by atoms with van der Waals surface area (Å²) >= 11 is 1.64. The molecule has 0 spiro atoms. The second kappa shape index (κ2) is 4.93. The molecule has 0 N–H and O–H groups in total. The SMILES string of the molecule is CCc1ccc(C(=O)CCC(C)(C)C)s1. The number of ketones is 1. The van der Waals surface area contributed by atoms with E-state index in [9.17, 15) is 4.79 Å². The molecule has 0 aliphatic rings. The van der Waals surface area contributed by atoms with Crippen molar-refractivity contribution in [1.29, 1.82) is 0 Å². The van der Waals surface area contributed by atoms with Crippen molar-refractivity contribution in [3.63, 3.8) is 0 Å². The second-order valence-electron chi connectivity index (χ2n) is 5.10. The molecule has 15 heavy (non-hydrogen) atoms. The lowest BCUT2D eigenvalue weighted by molar-refractivity contribution is 0.0970. The molecule has 1 aromatic heterocycles. The third-order valence-corrected chi connectivity index (χ3v) is 3.66. The van der Waals surface area contributed by atoms with Crippen LogP contribution >= 0.6 is 11.3 Å². The van der Waals surface area contributed by atoms with E-state index in [4.69, 9.17) is 0 Å². The normalized spacial score (nSPS) is 11.7. The molecule has 0 aliphatic carbocycles. The summed E-state index contributed by atoms with van der Waals surface area (Å²) in [4.78, 5) is 14.1. The number of thiophene rings is 1. The maximum absolute atomic E-state index is 11.8. The number of rotatable bonds is 4. The molecule has 0 saturated carbocycles. The van der Waals surface area contributed by atoms with Crippen molar-refractivity contribution in [2.45, 2.75) is 47.0 Å². The van der Waals surface area contributed by atoms with Gasteiger partial charge in [0, 0.05) is 11.3 Å². The Kier molecular flexibility index (Phi) is 4.09. The fourth-order valence-corrected chi connectivity index (χ4v) is 2.24. The van der Waals surface area contributed by atoms with Crippen molar-refractivity contribution >= 4 is 17.1 Å². The third kappa shape index (κ3) is 4.17. The maximum atomic E-state index is 11.8. The Bertz CT molecular complexity index is 331. The molecule has 0 amide bonds. The van der Waals surface area contributed by atoms with Gasteiger partial charge in [-0.1, -0.05) is 27.7 Å². The minimum Gasteiger partial charge on any atom is -0.293 e. The third-order valence-electron chi connectivity index (χ3n) is 2.39. The molecule has 1 rings (SSSR count). The molecule has 0 radical (unpaired) electrons. The highest BCUT2D eigenvalue weighted by atomic mass is 32.1. The lowest BCUT2D eigenvalue weighted by atomic mass is 9.89. The van der Waals surface area contributed by atoms with Crippen LogP contribution < -0.4 is 0 Å². The van der Waals surface area contributed by atoms with Crippen LogP contribution in [0.1, 0.15) is 55.1 Å². The molecule has 0 bridgehead atoms. The molecular formula is C13H20OS. The van der Waals surface area contributed by atoms with Gasteiger partial charge < -0.3 is 0 Å². The molecule has 1 aromatic rings. The summed E-state index contributed by atoms with van der Waals surface area (Å²) in [6.07, 6.45) is 2.66. The number of aryl methyl sites for hydroxylation is 1. The Hall–Kier alpha value is -0.630. The van der Waals surface area contributed by atoms with Crippen molar-refractivity contribution < 1.29 is 4.79 Å². The topological polar surface area (TPSA) is 17.1 Å². The van der Waals surface area contributed by atoms with Crippen LogP contribution in [0.3, 0.4) is 0 Å². The first-order valence-corrected chi connectivity index (χ1v) is 6.36. The van der Waals surface area contributed by atoms with Crippen molar-refractivity contribution in [3.8, 4) is 0 Å². The summed E-state index contributed by atoms with van der Waals surface area (Å²) in [7, 11) is 0. The van der Waals surface area contributed by atoms with Gasteiger partial charge in [0.1, 0.15) is 0 Å². The molecule has 1 heterocycles. The molecule has 2 heteroatoms. The molecule has 0 fully saturated rings. The standard InChI is InChI=1S/C13H20OS/c1-5-10-6-7-12(15-10)11(14)8-9-13(2,3)4/h6-7H,5,8-9H2,1-4H3. The first-order chi connectivity index (χ1) is 6.92. The second-order valence-corrected chi connectivity index (χ2v) is 6.27. The molecule has 0 unspecified atom stereocenters. The van der Waals surface area contributed by atoms with E-state index < -0.39 is 0 Å². The van der Waals surface area contributed by atoms with Gasteiger partial charge in [0.25, 0.3) is 0 Å². The summed E-state index contributed by atoms with van der Waals surface area (Å²) in [5, 5.41) is 0. The van der Waals surface area contributed by atoms with Gasteiger partial charge in [0.15, 0.2) is 5.78 Å². The largest absolute Gasteiger partial charge is 0.293 e. The van der Waals surface area contributed by atoms with Crippen molar-refractivity contribution in [2.75, 3.05) is 0 Å². The minimum atomic E-state index is 0.251. The quantitative estimate of drug-likeness (QED) is 0.696. The van der Waals surface area contributed by atoms with E-state index in [0.717, 1.165) is 17.7 Å². The molecule has 84 valence electrons. The minimum absolute atomic E-state index is 0.251. The Morgan fingerprint density at radius 1 is 1.33 bits per heavy atom. The smallest absolute Gasteiger partial charge is 0.172 e. The summed E-state index contributed by atoms with van der Waals surface area (Å²) in [5.41, 5.74) is 0.251. The van der Waals surface area contributed by atoms with Gasteiger partial charge in [-0.05, 0) is 30.4 Å². The summed E-state index contributed by atoms with van der Waals surface area (Å²) in [6.45, 7) is 8.64. The van der Waals surface area contributed by atoms with Crippen LogP contribution in [0.2, 0.25) is 0 Å². The van der Waals surface area contributed by atoms with Crippen molar-refractivity contribution in [2.24, 2.45) is 5.41 Å². The van der Waals surface area contributed by atoms with Crippen LogP contribution in [0, 0.1) is 5.41 Å². The molecule has 0 saturated heterocycles. The van der Waals surface area contributed by atoms with E-state index in [2.05, 4.69) is 33.8 Å². The van der Waals surface area contributed by atoms with Gasteiger partial charge in [0.2, 0.25) is 0 Å². The zero-order valence-electron chi connectivity index (χ0n) is 10.1. The highest BCUT2D eigenvalue weighted by Crippen LogP contribution is 2.24. The van der Waals surface area contributed by atoms with Crippen molar-refractivity contribution in [3.05, 3.63) is 21.9 Å². The maximum Gasteiger partial charge on any atom is 0.172 e. The van der Waals surface area contributed by atoms with E-state index in [-0.39, 0.29) is 5.41 Å². The van der Waals surface area contributed by atoms with Gasteiger partial charge in [-0.25, -0.2) is 0 Å². The molecule has 1 nitrogen and oxygen atoms in total. The summed E-state index contributed by atoms with van der Waals surface area (Å²) < 4.78 is 0. The number of hydrogen-bond acceptors (Lipinski definition) is 2. The first kappa shape index (κ1) is 12.4. The number of hydrogen-bond donors (Lipinski definition) is 0. The Morgan fingerprint density at radius 2 is 2.00 bits per heavy atom. The fourth-order valence-electron chi connectivity index (χ4n) is 1.33. The molecule has 0 aliphatic heterocycles. The van der Waals surface area contributed by atoms with Gasteiger partial charge in [-0.2, -0.15) is 0 Å². The van der Waals surface area contributed by atoms with Crippen LogP contribution in [0.15, 0.2) is 12.1 Å². The van der Waals surface area contributed by atoms with Crippen LogP contribution in [-0.2, 0) is 6.42 Å². The van der Waals surface area contributed by atoms with Crippen LogP contribution in [-0.4, -0.2) is 5.78 Å². The van der Waals surface area contributed by atoms with Gasteiger partial charge in [-0.15, -0.1) is 11.3 Å². The van der Waals surface area contributed by atoms with Crippen LogP contribution in [0.4, 0.5) is 0 Å². The van der Waals surface area contributed by atoms with Crippen molar-refractivity contribution in [1.82, 2.24) is 0 Å². The first-order valence-electron chi connectivity index (χ1n) is 5.54. The van der Waals surface area contributed by atoms with E-state index >= 15 is 0 Å². The number of carbonyl (C=O) groups is 1. The Balaban J connectivity index is 2.54. The number of Topliss-reactive ketones (excluding diaryl/α,β-unsaturated/α-hetero) is 1. The summed E-state index contributed by atoms with van der Waals surface area (Å²) in [5.74, 6) is 0.301. The van der Waals surface area contributed by atoms with Crippen LogP contribution in [0.5, 0.6) is 0 Å². The molecular weight excluding hydrogens is 204 g/mol. The van der Waals surface area contributed by atoms with E-state index in [1.54, 1.807) is 11.3 Å². The lowest BCUT2D eigenvalue weighted by Crippen LogP contribution is -2.08. The zero-order valence-corrected chi connectivity index (χ0v) is 10.9. The van der Waals surface area contributed by atoms with E-state index in [1.807, 2.05) is 6.07 Å². The van der Waals surface area contributed by atoms with Gasteiger partial charge >= 0.3 is 0 Å². The fraction of sp³-hybridized carbons (Fsp3) is 0.615. The zero-order chi connectivity index (χ0) is 11.5. The number of carbonyl (C=O) groups excluding carboxylic acids is 1. The highest BCUT2D eigenvalue weighted by Gasteiger charge is 2.15. The monoisotopic (exact) mass is 224 g/mol. The Morgan fingerprint density at radius 3 is 2.47 bits per heavy atom. The Labute approximate surface area is 96.5 Å². The summed E-state index contributed by atoms with van der Waals surface area (Å²) in [6, 6.07) is 4.03. The van der Waals surface area contributed by atoms with Gasteiger partial charge in [-0.3, -0.25) is 4.79 Å². The van der Waals surface area contributed by atoms with E-state index in [1.165, 1.54) is 4.88 Å². The predicted octanol–water partition coefficient (Wildman–Crippen LogP) is 4.32.